The van der Waals surface area contributed by atoms with Gasteiger partial charge in [-0.05, 0) is 74.9 Å². The number of imidazole rings is 1. The maximum atomic E-state index is 12.0. The molecular weight excluding hydrogens is 508 g/mol. The van der Waals surface area contributed by atoms with Crippen LogP contribution in [-0.4, -0.2) is 53.0 Å². The topological polar surface area (TPSA) is 69.0 Å². The number of carbonyl (C=O) groups is 1. The Hall–Kier alpha value is -3.23. The van der Waals surface area contributed by atoms with Gasteiger partial charge in [-0.2, -0.15) is 5.10 Å². The summed E-state index contributed by atoms with van der Waals surface area (Å²) in [6, 6.07) is 16.2. The van der Waals surface area contributed by atoms with Gasteiger partial charge in [-0.25, -0.2) is 14.3 Å². The van der Waals surface area contributed by atoms with Crippen molar-refractivity contribution < 1.29 is 14.3 Å². The van der Waals surface area contributed by atoms with E-state index in [4.69, 9.17) is 14.6 Å². The number of fused-ring (bicyclic) bond motifs is 1. The summed E-state index contributed by atoms with van der Waals surface area (Å²) in [6.07, 6.45) is 10.8. The minimum atomic E-state index is -0.311. The highest BCUT2D eigenvalue weighted by Crippen LogP contribution is 2.42. The summed E-state index contributed by atoms with van der Waals surface area (Å²) in [5.41, 5.74) is 4.79. The van der Waals surface area contributed by atoms with Crippen molar-refractivity contribution in [1.29, 1.82) is 0 Å². The molecular formula is C31H36N4O3S. The lowest BCUT2D eigenvalue weighted by Crippen LogP contribution is -2.50. The van der Waals surface area contributed by atoms with Crippen LogP contribution >= 0.6 is 11.3 Å². The van der Waals surface area contributed by atoms with Gasteiger partial charge in [-0.3, -0.25) is 0 Å². The minimum Gasteiger partial charge on any atom is -0.462 e. The third kappa shape index (κ3) is 5.08. The number of benzene rings is 2. The molecule has 0 atom stereocenters. The predicted molar refractivity (Wildman–Crippen MR) is 155 cm³/mol. The molecule has 0 spiro atoms. The maximum Gasteiger partial charge on any atom is 0.338 e. The van der Waals surface area contributed by atoms with Crippen LogP contribution in [0.4, 0.5) is 5.69 Å². The summed E-state index contributed by atoms with van der Waals surface area (Å²) >= 11 is 1.58. The Morgan fingerprint density at radius 1 is 1.00 bits per heavy atom. The first kappa shape index (κ1) is 26.0. The van der Waals surface area contributed by atoms with Crippen LogP contribution < -0.4 is 4.90 Å². The lowest BCUT2D eigenvalue weighted by Gasteiger charge is -2.47. The van der Waals surface area contributed by atoms with Gasteiger partial charge in [0, 0.05) is 37.0 Å². The summed E-state index contributed by atoms with van der Waals surface area (Å²) in [6.45, 7) is 4.24. The Bertz CT molecular complexity index is 1410. The molecule has 0 N–H and O–H groups in total. The monoisotopic (exact) mass is 544 g/mol. The second-order valence-electron chi connectivity index (χ2n) is 10.7. The molecule has 6 rings (SSSR count). The first-order chi connectivity index (χ1) is 19.1. The fourth-order valence-electron chi connectivity index (χ4n) is 6.36. The second kappa shape index (κ2) is 11.1. The lowest BCUT2D eigenvalue weighted by atomic mass is 9.72. The van der Waals surface area contributed by atoms with Crippen LogP contribution in [0.15, 0.2) is 54.7 Å². The van der Waals surface area contributed by atoms with Crippen LogP contribution in [0, 0.1) is 5.92 Å². The number of carbonyl (C=O) groups excluding carboxylic acids is 1. The molecule has 8 heteroatoms. The zero-order chi connectivity index (χ0) is 26.8. The summed E-state index contributed by atoms with van der Waals surface area (Å²) in [4.78, 5) is 19.9. The van der Waals surface area contributed by atoms with Gasteiger partial charge in [-0.1, -0.05) is 42.7 Å². The zero-order valence-electron chi connectivity index (χ0n) is 22.8. The van der Waals surface area contributed by atoms with E-state index in [-0.39, 0.29) is 11.6 Å². The highest BCUT2D eigenvalue weighted by atomic mass is 32.1. The molecule has 3 heterocycles. The first-order valence-corrected chi connectivity index (χ1v) is 14.9. The van der Waals surface area contributed by atoms with E-state index < -0.39 is 0 Å². The number of hydrogen-bond acceptors (Lipinski definition) is 7. The number of ether oxygens (including phenoxy) is 2. The minimum absolute atomic E-state index is 0.0589. The Morgan fingerprint density at radius 3 is 2.36 bits per heavy atom. The average molecular weight is 545 g/mol. The maximum absolute atomic E-state index is 12.0. The van der Waals surface area contributed by atoms with E-state index >= 15 is 0 Å². The van der Waals surface area contributed by atoms with Crippen LogP contribution in [0.25, 0.3) is 26.8 Å². The molecule has 1 aliphatic carbocycles. The number of nitrogens with zero attached hydrogens (tertiary/aromatic N) is 4. The molecule has 4 aromatic rings. The Balaban J connectivity index is 1.15. The molecule has 1 saturated carbocycles. The molecule has 0 radical (unpaired) electrons. The fourth-order valence-corrected chi connectivity index (χ4v) is 7.24. The Morgan fingerprint density at radius 2 is 1.69 bits per heavy atom. The third-order valence-corrected chi connectivity index (χ3v) is 9.59. The van der Waals surface area contributed by atoms with Crippen LogP contribution in [0.2, 0.25) is 0 Å². The van der Waals surface area contributed by atoms with E-state index in [9.17, 15) is 4.79 Å². The van der Waals surface area contributed by atoms with Gasteiger partial charge < -0.3 is 14.4 Å². The second-order valence-corrected chi connectivity index (χ2v) is 11.6. The lowest BCUT2D eigenvalue weighted by molar-refractivity contribution is -0.0856. The molecule has 2 aliphatic rings. The van der Waals surface area contributed by atoms with E-state index in [0.29, 0.717) is 18.1 Å². The highest BCUT2D eigenvalue weighted by Gasteiger charge is 2.42. The van der Waals surface area contributed by atoms with E-state index in [1.165, 1.54) is 37.8 Å². The normalized spacial score (nSPS) is 17.9. The van der Waals surface area contributed by atoms with Crippen LogP contribution in [0.1, 0.15) is 62.2 Å². The number of esters is 1. The van der Waals surface area contributed by atoms with Crippen molar-refractivity contribution in [2.75, 3.05) is 31.7 Å². The van der Waals surface area contributed by atoms with Gasteiger partial charge in [0.1, 0.15) is 5.01 Å². The quantitative estimate of drug-likeness (QED) is 0.237. The van der Waals surface area contributed by atoms with E-state index in [1.54, 1.807) is 30.4 Å². The van der Waals surface area contributed by atoms with Crippen LogP contribution in [0.3, 0.4) is 0 Å². The molecule has 0 bridgehead atoms. The van der Waals surface area contributed by atoms with E-state index in [1.807, 2.05) is 30.0 Å². The number of piperidine rings is 1. The van der Waals surface area contributed by atoms with Crippen molar-refractivity contribution in [2.45, 2.75) is 57.5 Å². The van der Waals surface area contributed by atoms with Gasteiger partial charge in [0.05, 0.1) is 29.7 Å². The smallest absolute Gasteiger partial charge is 0.338 e. The van der Waals surface area contributed by atoms with Gasteiger partial charge in [0.25, 0.3) is 0 Å². The SMILES string of the molecule is CCOC(=O)c1ccc(-c2cnc3sc(-c4ccc(N5CCC(OC)(C6CCCCC6)CC5)cc4)nn23)cc1. The molecule has 204 valence electrons. The summed E-state index contributed by atoms with van der Waals surface area (Å²) in [5.74, 6) is 0.402. The van der Waals surface area contributed by atoms with Crippen molar-refractivity contribution in [3.63, 3.8) is 0 Å². The summed E-state index contributed by atoms with van der Waals surface area (Å²) < 4.78 is 13.2. The predicted octanol–water partition coefficient (Wildman–Crippen LogP) is 6.87. The van der Waals surface area contributed by atoms with Crippen LogP contribution in [0.5, 0.6) is 0 Å². The fraction of sp³-hybridized carbons (Fsp3) is 0.452. The van der Waals surface area contributed by atoms with Gasteiger partial charge in [0.15, 0.2) is 0 Å². The molecule has 39 heavy (non-hydrogen) atoms. The standard InChI is InChI=1S/C31H36N4O3S/c1-3-38-29(36)24-11-9-22(10-12-24)27-21-32-30-35(27)33-28(39-30)23-13-15-26(16-14-23)34-19-17-31(37-2,18-20-34)25-7-5-4-6-8-25/h9-16,21,25H,3-8,17-20H2,1-2H3. The van der Waals surface area contributed by atoms with Crippen molar-refractivity contribution in [1.82, 2.24) is 14.6 Å². The number of rotatable bonds is 7. The van der Waals surface area contributed by atoms with Gasteiger partial charge in [0.2, 0.25) is 4.96 Å². The number of anilines is 1. The molecule has 0 unspecified atom stereocenters. The first-order valence-electron chi connectivity index (χ1n) is 14.1. The Labute approximate surface area is 233 Å². The molecule has 7 nitrogen and oxygen atoms in total. The molecule has 0 amide bonds. The van der Waals surface area contributed by atoms with Gasteiger partial charge >= 0.3 is 5.97 Å². The molecule has 1 saturated heterocycles. The van der Waals surface area contributed by atoms with Gasteiger partial charge in [-0.15, -0.1) is 0 Å². The van der Waals surface area contributed by atoms with Crippen LogP contribution in [-0.2, 0) is 9.47 Å². The Kier molecular flexibility index (Phi) is 7.40. The average Bonchev–Trinajstić information content (AvgIpc) is 3.60. The summed E-state index contributed by atoms with van der Waals surface area (Å²) in [7, 11) is 1.92. The third-order valence-electron chi connectivity index (χ3n) is 8.62. The number of hydrogen-bond donors (Lipinski definition) is 0. The highest BCUT2D eigenvalue weighted by molar-refractivity contribution is 7.19. The molecule has 2 fully saturated rings. The number of methoxy groups -OCH3 is 1. The van der Waals surface area contributed by atoms with E-state index in [0.717, 1.165) is 52.7 Å². The van der Waals surface area contributed by atoms with Crippen molar-refractivity contribution in [3.8, 4) is 21.8 Å². The molecule has 1 aliphatic heterocycles. The molecule has 2 aromatic carbocycles. The molecule has 2 aromatic heterocycles. The van der Waals surface area contributed by atoms with Crippen molar-refractivity contribution >= 4 is 28.0 Å². The van der Waals surface area contributed by atoms with E-state index in [2.05, 4.69) is 34.1 Å². The van der Waals surface area contributed by atoms with Crippen molar-refractivity contribution in [2.24, 2.45) is 5.92 Å². The largest absolute Gasteiger partial charge is 0.462 e. The zero-order valence-corrected chi connectivity index (χ0v) is 23.6. The summed E-state index contributed by atoms with van der Waals surface area (Å²) in [5, 5.41) is 5.81. The number of aromatic nitrogens is 3. The van der Waals surface area contributed by atoms with Crippen molar-refractivity contribution in [3.05, 3.63) is 60.3 Å².